The van der Waals surface area contributed by atoms with E-state index in [4.69, 9.17) is 28.3 Å². The number of halogens is 2. The molecule has 0 radical (unpaired) electrons. The van der Waals surface area contributed by atoms with Crippen molar-refractivity contribution in [3.8, 4) is 0 Å². The highest BCUT2D eigenvalue weighted by Gasteiger charge is 2.00. The molecule has 1 heterocycles. The Morgan fingerprint density at radius 3 is 2.46 bits per heavy atom. The van der Waals surface area contributed by atoms with Crippen LogP contribution in [-0.4, -0.2) is 16.2 Å². The zero-order valence-corrected chi connectivity index (χ0v) is 7.93. The predicted molar refractivity (Wildman–Crippen MR) is 49.1 cm³/mol. The fourth-order valence-corrected chi connectivity index (χ4v) is 1.30. The fraction of sp³-hybridized carbons (Fsp3) is 0.143. The quantitative estimate of drug-likeness (QED) is 0.752. The topological polar surface area (TPSA) is 62.2 Å². The van der Waals surface area contributed by atoms with Crippen molar-refractivity contribution in [1.82, 2.24) is 10.3 Å². The van der Waals surface area contributed by atoms with Crippen molar-refractivity contribution in [2.24, 2.45) is 0 Å². The van der Waals surface area contributed by atoms with Crippen LogP contribution in [0.3, 0.4) is 0 Å². The van der Waals surface area contributed by atoms with E-state index >= 15 is 0 Å². The van der Waals surface area contributed by atoms with E-state index in [1.54, 1.807) is 12.1 Å². The predicted octanol–water partition coefficient (Wildman–Crippen LogP) is 2.16. The van der Waals surface area contributed by atoms with Crippen molar-refractivity contribution in [2.45, 2.75) is 6.54 Å². The van der Waals surface area contributed by atoms with E-state index in [1.807, 2.05) is 0 Å². The van der Waals surface area contributed by atoms with Gasteiger partial charge in [0.2, 0.25) is 0 Å². The second-order valence-corrected chi connectivity index (χ2v) is 3.05. The van der Waals surface area contributed by atoms with Gasteiger partial charge in [-0.2, -0.15) is 0 Å². The number of amides is 1. The normalized spacial score (nSPS) is 9.69. The Labute approximate surface area is 84.5 Å². The maximum absolute atomic E-state index is 10.1. The lowest BCUT2D eigenvalue weighted by Gasteiger charge is -2.01. The van der Waals surface area contributed by atoms with Gasteiger partial charge in [0.25, 0.3) is 0 Å². The molecule has 1 amide bonds. The van der Waals surface area contributed by atoms with E-state index < -0.39 is 6.09 Å². The molecule has 2 N–H and O–H groups in total. The molecule has 4 nitrogen and oxygen atoms in total. The number of carboxylic acid groups (broad SMARTS) is 1. The van der Waals surface area contributed by atoms with Crippen LogP contribution < -0.4 is 5.32 Å². The molecule has 0 aliphatic carbocycles. The molecule has 0 aromatic carbocycles. The van der Waals surface area contributed by atoms with Crippen LogP contribution in [0.5, 0.6) is 0 Å². The van der Waals surface area contributed by atoms with Crippen LogP contribution in [0.4, 0.5) is 4.79 Å². The summed E-state index contributed by atoms with van der Waals surface area (Å²) in [5.74, 6) is 0. The van der Waals surface area contributed by atoms with Crippen LogP contribution in [0.2, 0.25) is 10.3 Å². The van der Waals surface area contributed by atoms with Gasteiger partial charge in [-0.1, -0.05) is 23.2 Å². The van der Waals surface area contributed by atoms with E-state index in [-0.39, 0.29) is 16.9 Å². The Bertz CT molecular complexity index is 310. The molecule has 1 rings (SSSR count). The maximum Gasteiger partial charge on any atom is 0.404 e. The molecule has 0 saturated heterocycles. The van der Waals surface area contributed by atoms with Crippen LogP contribution in [0.1, 0.15) is 5.56 Å². The van der Waals surface area contributed by atoms with Crippen LogP contribution in [0.15, 0.2) is 12.1 Å². The molecule has 0 bridgehead atoms. The molecule has 1 aromatic rings. The Morgan fingerprint density at radius 2 is 2.00 bits per heavy atom. The molecule has 0 atom stereocenters. The highest BCUT2D eigenvalue weighted by molar-refractivity contribution is 6.32. The Balaban J connectivity index is 2.71. The molecule has 0 saturated carbocycles. The van der Waals surface area contributed by atoms with Crippen LogP contribution in [0, 0.1) is 0 Å². The highest BCUT2D eigenvalue weighted by Crippen LogP contribution is 2.14. The maximum atomic E-state index is 10.1. The number of rotatable bonds is 2. The van der Waals surface area contributed by atoms with Gasteiger partial charge in [0.05, 0.1) is 0 Å². The lowest BCUT2D eigenvalue weighted by Crippen LogP contribution is -2.19. The number of hydrogen-bond donors (Lipinski definition) is 2. The molecule has 0 fully saturated rings. The zero-order chi connectivity index (χ0) is 9.84. The molecule has 0 aliphatic rings. The highest BCUT2D eigenvalue weighted by atomic mass is 35.5. The fourth-order valence-electron chi connectivity index (χ4n) is 0.794. The van der Waals surface area contributed by atoms with Gasteiger partial charge in [-0.05, 0) is 17.7 Å². The number of hydrogen-bond acceptors (Lipinski definition) is 2. The van der Waals surface area contributed by atoms with Gasteiger partial charge in [0, 0.05) is 6.54 Å². The summed E-state index contributed by atoms with van der Waals surface area (Å²) in [6.45, 7) is 0.164. The monoisotopic (exact) mass is 220 g/mol. The summed E-state index contributed by atoms with van der Waals surface area (Å²) in [7, 11) is 0. The average molecular weight is 221 g/mol. The molecule has 70 valence electrons. The SMILES string of the molecule is O=C(O)NCc1cc(Cl)nc(Cl)c1. The van der Waals surface area contributed by atoms with Crippen molar-refractivity contribution in [1.29, 1.82) is 0 Å². The number of nitrogens with zero attached hydrogens (tertiary/aromatic N) is 1. The Hall–Kier alpha value is -1.00. The van der Waals surface area contributed by atoms with Gasteiger partial charge in [0.1, 0.15) is 10.3 Å². The van der Waals surface area contributed by atoms with E-state index in [0.717, 1.165) is 0 Å². The first kappa shape index (κ1) is 10.1. The Morgan fingerprint density at radius 1 is 1.46 bits per heavy atom. The molecular formula is C7H6Cl2N2O2. The minimum absolute atomic E-state index is 0.164. The summed E-state index contributed by atoms with van der Waals surface area (Å²) in [4.78, 5) is 13.9. The number of aromatic nitrogens is 1. The summed E-state index contributed by atoms with van der Waals surface area (Å²) < 4.78 is 0. The molecule has 0 spiro atoms. The lowest BCUT2D eigenvalue weighted by atomic mass is 10.3. The third-order valence-corrected chi connectivity index (χ3v) is 1.65. The zero-order valence-electron chi connectivity index (χ0n) is 6.42. The molecule has 0 aliphatic heterocycles. The third kappa shape index (κ3) is 3.48. The summed E-state index contributed by atoms with van der Waals surface area (Å²) in [5.41, 5.74) is 0.674. The summed E-state index contributed by atoms with van der Waals surface area (Å²) >= 11 is 11.2. The molecule has 0 unspecified atom stereocenters. The van der Waals surface area contributed by atoms with Crippen LogP contribution in [0.25, 0.3) is 0 Å². The largest absolute Gasteiger partial charge is 0.465 e. The first-order chi connectivity index (χ1) is 6.08. The molecule has 6 heteroatoms. The van der Waals surface area contributed by atoms with Gasteiger partial charge in [0.15, 0.2) is 0 Å². The third-order valence-electron chi connectivity index (χ3n) is 1.27. The number of nitrogens with one attached hydrogen (secondary N) is 1. The van der Waals surface area contributed by atoms with Gasteiger partial charge in [-0.15, -0.1) is 0 Å². The van der Waals surface area contributed by atoms with Gasteiger partial charge in [-0.25, -0.2) is 9.78 Å². The van der Waals surface area contributed by atoms with E-state index in [0.29, 0.717) is 5.56 Å². The second-order valence-electron chi connectivity index (χ2n) is 2.28. The first-order valence-electron chi connectivity index (χ1n) is 3.36. The summed E-state index contributed by atoms with van der Waals surface area (Å²) in [6, 6.07) is 3.09. The smallest absolute Gasteiger partial charge is 0.404 e. The summed E-state index contributed by atoms with van der Waals surface area (Å²) in [5, 5.41) is 11.0. The molecular weight excluding hydrogens is 215 g/mol. The minimum Gasteiger partial charge on any atom is -0.465 e. The molecule has 13 heavy (non-hydrogen) atoms. The van der Waals surface area contributed by atoms with E-state index in [1.165, 1.54) is 0 Å². The van der Waals surface area contributed by atoms with Crippen molar-refractivity contribution >= 4 is 29.3 Å². The molecule has 1 aromatic heterocycles. The lowest BCUT2D eigenvalue weighted by molar-refractivity contribution is 0.194. The Kier molecular flexibility index (Phi) is 3.33. The van der Waals surface area contributed by atoms with Crippen molar-refractivity contribution in [3.05, 3.63) is 28.0 Å². The summed E-state index contributed by atoms with van der Waals surface area (Å²) in [6.07, 6.45) is -1.09. The van der Waals surface area contributed by atoms with Crippen molar-refractivity contribution in [3.63, 3.8) is 0 Å². The van der Waals surface area contributed by atoms with Crippen molar-refractivity contribution in [2.75, 3.05) is 0 Å². The van der Waals surface area contributed by atoms with E-state index in [2.05, 4.69) is 10.3 Å². The van der Waals surface area contributed by atoms with Crippen LogP contribution in [-0.2, 0) is 6.54 Å². The standard InChI is InChI=1S/C7H6Cl2N2O2/c8-5-1-4(2-6(9)11-5)3-10-7(12)13/h1-2,10H,3H2,(H,12,13). The average Bonchev–Trinajstić information content (AvgIpc) is 1.99. The van der Waals surface area contributed by atoms with Crippen molar-refractivity contribution < 1.29 is 9.90 Å². The number of pyridine rings is 1. The van der Waals surface area contributed by atoms with Gasteiger partial charge in [-0.3, -0.25) is 0 Å². The number of carbonyl (C=O) groups is 1. The minimum atomic E-state index is -1.09. The van der Waals surface area contributed by atoms with E-state index in [9.17, 15) is 4.79 Å². The second kappa shape index (κ2) is 4.30. The first-order valence-corrected chi connectivity index (χ1v) is 4.12. The van der Waals surface area contributed by atoms with Gasteiger partial charge < -0.3 is 10.4 Å². The van der Waals surface area contributed by atoms with Crippen LogP contribution >= 0.6 is 23.2 Å². The van der Waals surface area contributed by atoms with Gasteiger partial charge >= 0.3 is 6.09 Å².